The molecule has 3 amide bonds. The van der Waals surface area contributed by atoms with Gasteiger partial charge < -0.3 is 19.4 Å². The van der Waals surface area contributed by atoms with Crippen LogP contribution in [0.3, 0.4) is 0 Å². The second-order valence-corrected chi connectivity index (χ2v) is 7.91. The van der Waals surface area contributed by atoms with Crippen molar-refractivity contribution in [3.63, 3.8) is 0 Å². The molecule has 8 heteroatoms. The van der Waals surface area contributed by atoms with Gasteiger partial charge in [-0.2, -0.15) is 0 Å². The van der Waals surface area contributed by atoms with E-state index in [9.17, 15) is 14.4 Å². The molecule has 2 aromatic rings. The molecule has 2 aliphatic heterocycles. The summed E-state index contributed by atoms with van der Waals surface area (Å²) in [5.41, 5.74) is 1.46. The van der Waals surface area contributed by atoms with Gasteiger partial charge in [0, 0.05) is 23.5 Å². The molecule has 4 rings (SSSR count). The highest BCUT2D eigenvalue weighted by Gasteiger charge is 2.50. The highest BCUT2D eigenvalue weighted by molar-refractivity contribution is 6.11. The topological polar surface area (TPSA) is 89.9 Å². The van der Waals surface area contributed by atoms with Crippen LogP contribution in [0.2, 0.25) is 0 Å². The summed E-state index contributed by atoms with van der Waals surface area (Å²) in [7, 11) is 0. The summed E-state index contributed by atoms with van der Waals surface area (Å²) in [5.74, 6) is 0.342. The number of aromatic nitrogens is 1. The largest absolute Gasteiger partial charge is 0.486 e. The first-order valence-corrected chi connectivity index (χ1v) is 10.1. The van der Waals surface area contributed by atoms with Crippen molar-refractivity contribution in [1.29, 1.82) is 0 Å². The van der Waals surface area contributed by atoms with E-state index in [0.717, 1.165) is 16.3 Å². The van der Waals surface area contributed by atoms with Crippen LogP contribution >= 0.6 is 0 Å². The summed E-state index contributed by atoms with van der Waals surface area (Å²) in [6.45, 7) is 10.2. The Bertz CT molecular complexity index is 1100. The number of imide groups is 1. The van der Waals surface area contributed by atoms with Gasteiger partial charge in [0.15, 0.2) is 17.3 Å². The standard InChI is InChI=1S/C23H25N3O5/c1-5-8-25-14(2)11-17(15(25)3)18(27)13-26-21(28)23(4,24-22(26)29)16-6-7-19-20(12-16)31-10-9-30-19/h5-7,11-12H,1,8-10,13H2,2-4H3,(H,24,29)/t23-/m0/s1. The molecule has 3 heterocycles. The summed E-state index contributed by atoms with van der Waals surface area (Å²) in [6, 6.07) is 6.31. The highest BCUT2D eigenvalue weighted by Crippen LogP contribution is 2.37. The summed E-state index contributed by atoms with van der Waals surface area (Å²) in [5, 5.41) is 2.73. The molecule has 1 N–H and O–H groups in total. The predicted molar refractivity (Wildman–Crippen MR) is 113 cm³/mol. The Hall–Kier alpha value is -3.55. The molecule has 1 aromatic carbocycles. The number of amides is 3. The van der Waals surface area contributed by atoms with Crippen LogP contribution in [0.1, 0.15) is 34.2 Å². The van der Waals surface area contributed by atoms with Crippen LogP contribution in [-0.2, 0) is 16.9 Å². The van der Waals surface area contributed by atoms with Crippen molar-refractivity contribution in [2.24, 2.45) is 0 Å². The van der Waals surface area contributed by atoms with Crippen LogP contribution in [0.4, 0.5) is 4.79 Å². The molecule has 1 fully saturated rings. The van der Waals surface area contributed by atoms with Crippen molar-refractivity contribution in [2.75, 3.05) is 19.8 Å². The Morgan fingerprint density at radius 2 is 1.90 bits per heavy atom. The maximum absolute atomic E-state index is 13.2. The predicted octanol–water partition coefficient (Wildman–Crippen LogP) is 2.71. The average Bonchev–Trinajstić information content (AvgIpc) is 3.16. The Balaban J connectivity index is 1.58. The van der Waals surface area contributed by atoms with Crippen LogP contribution in [0.25, 0.3) is 0 Å². The molecule has 1 atom stereocenters. The molecular weight excluding hydrogens is 398 g/mol. The third-order valence-corrected chi connectivity index (χ3v) is 5.88. The van der Waals surface area contributed by atoms with E-state index in [1.54, 1.807) is 37.3 Å². The first-order chi connectivity index (χ1) is 14.8. The van der Waals surface area contributed by atoms with Crippen LogP contribution in [0, 0.1) is 13.8 Å². The molecule has 0 radical (unpaired) electrons. The number of rotatable bonds is 6. The van der Waals surface area contributed by atoms with Crippen molar-refractivity contribution < 1.29 is 23.9 Å². The lowest BCUT2D eigenvalue weighted by Crippen LogP contribution is -2.41. The number of ether oxygens (including phenoxy) is 2. The van der Waals surface area contributed by atoms with E-state index in [1.807, 2.05) is 18.4 Å². The van der Waals surface area contributed by atoms with Gasteiger partial charge in [0.1, 0.15) is 18.8 Å². The van der Waals surface area contributed by atoms with Crippen molar-refractivity contribution in [3.05, 3.63) is 59.4 Å². The van der Waals surface area contributed by atoms with Gasteiger partial charge in [-0.15, -0.1) is 6.58 Å². The van der Waals surface area contributed by atoms with Gasteiger partial charge >= 0.3 is 6.03 Å². The summed E-state index contributed by atoms with van der Waals surface area (Å²) in [4.78, 5) is 39.8. The van der Waals surface area contributed by atoms with E-state index in [-0.39, 0.29) is 12.3 Å². The van der Waals surface area contributed by atoms with Gasteiger partial charge in [-0.1, -0.05) is 12.1 Å². The molecule has 0 bridgehead atoms. The number of carbonyl (C=O) groups is 3. The number of aryl methyl sites for hydroxylation is 1. The van der Waals surface area contributed by atoms with Crippen LogP contribution in [0.15, 0.2) is 36.9 Å². The zero-order chi connectivity index (χ0) is 22.3. The van der Waals surface area contributed by atoms with E-state index in [4.69, 9.17) is 9.47 Å². The highest BCUT2D eigenvalue weighted by atomic mass is 16.6. The Morgan fingerprint density at radius 1 is 1.19 bits per heavy atom. The molecule has 0 spiro atoms. The molecule has 1 saturated heterocycles. The number of nitrogens with zero attached hydrogens (tertiary/aromatic N) is 2. The fourth-order valence-electron chi connectivity index (χ4n) is 4.11. The van der Waals surface area contributed by atoms with Crippen molar-refractivity contribution in [3.8, 4) is 11.5 Å². The SMILES string of the molecule is C=CCn1c(C)cc(C(=O)CN2C(=O)N[C@@](C)(c3ccc4c(c3)OCCO4)C2=O)c1C. The summed E-state index contributed by atoms with van der Waals surface area (Å²) >= 11 is 0. The Labute approximate surface area is 180 Å². The van der Waals surface area contributed by atoms with Gasteiger partial charge in [0.25, 0.3) is 5.91 Å². The summed E-state index contributed by atoms with van der Waals surface area (Å²) in [6.07, 6.45) is 1.75. The second kappa shape index (κ2) is 7.61. The van der Waals surface area contributed by atoms with Gasteiger partial charge in [0.05, 0.1) is 6.54 Å². The molecular formula is C23H25N3O5. The fourth-order valence-corrected chi connectivity index (χ4v) is 4.11. The zero-order valence-corrected chi connectivity index (χ0v) is 17.9. The smallest absolute Gasteiger partial charge is 0.325 e. The Morgan fingerprint density at radius 3 is 2.61 bits per heavy atom. The minimum absolute atomic E-state index is 0.293. The van der Waals surface area contributed by atoms with Gasteiger partial charge in [-0.3, -0.25) is 14.5 Å². The van der Waals surface area contributed by atoms with Gasteiger partial charge in [-0.05, 0) is 44.5 Å². The number of urea groups is 1. The van der Waals surface area contributed by atoms with Gasteiger partial charge in [-0.25, -0.2) is 4.79 Å². The number of Topliss-reactive ketones (excluding diaryl/α,β-unsaturated/α-hetero) is 1. The molecule has 0 unspecified atom stereocenters. The third-order valence-electron chi connectivity index (χ3n) is 5.88. The number of nitrogens with one attached hydrogen (secondary N) is 1. The van der Waals surface area contributed by atoms with Crippen LogP contribution in [-0.4, -0.2) is 46.9 Å². The quantitative estimate of drug-likeness (QED) is 0.438. The Kier molecular flexibility index (Phi) is 5.08. The van der Waals surface area contributed by atoms with Gasteiger partial charge in [0.2, 0.25) is 0 Å². The second-order valence-electron chi connectivity index (χ2n) is 7.91. The number of fused-ring (bicyclic) bond motifs is 1. The maximum atomic E-state index is 13.2. The van der Waals surface area contributed by atoms with E-state index in [1.165, 1.54) is 0 Å². The first-order valence-electron chi connectivity index (χ1n) is 10.1. The molecule has 162 valence electrons. The van der Waals surface area contributed by atoms with E-state index in [0.29, 0.717) is 42.4 Å². The molecule has 0 aliphatic carbocycles. The van der Waals surface area contributed by atoms with E-state index >= 15 is 0 Å². The number of allylic oxidation sites excluding steroid dienone is 1. The molecule has 31 heavy (non-hydrogen) atoms. The van der Waals surface area contributed by atoms with Crippen molar-refractivity contribution in [1.82, 2.24) is 14.8 Å². The average molecular weight is 423 g/mol. The molecule has 0 saturated carbocycles. The first kappa shape index (κ1) is 20.7. The number of carbonyl (C=O) groups excluding carboxylic acids is 3. The monoisotopic (exact) mass is 423 g/mol. The lowest BCUT2D eigenvalue weighted by atomic mass is 9.91. The fraction of sp³-hybridized carbons (Fsp3) is 0.348. The molecule has 2 aliphatic rings. The van der Waals surface area contributed by atoms with Crippen molar-refractivity contribution >= 4 is 17.7 Å². The maximum Gasteiger partial charge on any atom is 0.325 e. The van der Waals surface area contributed by atoms with E-state index < -0.39 is 17.5 Å². The summed E-state index contributed by atoms with van der Waals surface area (Å²) < 4.78 is 13.1. The molecule has 1 aromatic heterocycles. The number of hydrogen-bond acceptors (Lipinski definition) is 5. The third kappa shape index (κ3) is 3.37. The minimum Gasteiger partial charge on any atom is -0.486 e. The molecule has 8 nitrogen and oxygen atoms in total. The van der Waals surface area contributed by atoms with E-state index in [2.05, 4.69) is 11.9 Å². The van der Waals surface area contributed by atoms with Crippen LogP contribution in [0.5, 0.6) is 11.5 Å². The lowest BCUT2D eigenvalue weighted by Gasteiger charge is -2.25. The zero-order valence-electron chi connectivity index (χ0n) is 17.9. The van der Waals surface area contributed by atoms with Crippen LogP contribution < -0.4 is 14.8 Å². The number of hydrogen-bond donors (Lipinski definition) is 1. The van der Waals surface area contributed by atoms with Crippen molar-refractivity contribution in [2.45, 2.75) is 32.9 Å². The lowest BCUT2D eigenvalue weighted by molar-refractivity contribution is -0.130. The number of ketones is 1. The normalized spacial score (nSPS) is 20.0. The number of benzene rings is 1. The minimum atomic E-state index is -1.30.